The molecule has 0 aromatic carbocycles. The van der Waals surface area contributed by atoms with Gasteiger partial charge in [0.15, 0.2) is 0 Å². The zero-order chi connectivity index (χ0) is 23.7. The molecule has 1 fully saturated rings. The second-order valence-corrected chi connectivity index (χ2v) is 10.1. The van der Waals surface area contributed by atoms with Gasteiger partial charge in [0, 0.05) is 12.4 Å². The Balaban J connectivity index is 0.000000311. The van der Waals surface area contributed by atoms with Gasteiger partial charge in [-0.25, -0.2) is 9.59 Å². The van der Waals surface area contributed by atoms with E-state index >= 15 is 0 Å². The van der Waals surface area contributed by atoms with Crippen molar-refractivity contribution in [3.05, 3.63) is 77.4 Å². The molecule has 1 aliphatic rings. The summed E-state index contributed by atoms with van der Waals surface area (Å²) in [5.41, 5.74) is 0.779. The number of carboxylic acids is 2. The number of hydrogen-bond donors (Lipinski definition) is 2. The number of hydrogen-bond acceptors (Lipinski definition) is 4. The molecule has 0 saturated heterocycles. The van der Waals surface area contributed by atoms with E-state index in [4.69, 9.17) is 29.4 Å². The van der Waals surface area contributed by atoms with Crippen molar-refractivity contribution in [2.24, 2.45) is 0 Å². The third kappa shape index (κ3) is 7.83. The summed E-state index contributed by atoms with van der Waals surface area (Å²) in [5, 5.41) is 17.7. The van der Waals surface area contributed by atoms with Gasteiger partial charge < -0.3 is 10.2 Å². The Labute approximate surface area is 199 Å². The van der Waals surface area contributed by atoms with Gasteiger partial charge in [-0.15, -0.1) is 0 Å². The van der Waals surface area contributed by atoms with Crippen molar-refractivity contribution in [1.82, 2.24) is 9.97 Å². The van der Waals surface area contributed by atoms with E-state index in [0.29, 0.717) is 11.4 Å². The molecule has 2 N–H and O–H groups in total. The normalized spacial score (nSPS) is 15.7. The Morgan fingerprint density at radius 3 is 1.19 bits per heavy atom. The molecule has 1 aliphatic carbocycles. The fourth-order valence-corrected chi connectivity index (χ4v) is 2.81. The molecule has 1 saturated carbocycles. The molecule has 0 unspecified atom stereocenters. The van der Waals surface area contributed by atoms with Crippen molar-refractivity contribution in [2.75, 3.05) is 0 Å². The molecular weight excluding hydrogens is 619 g/mol. The van der Waals surface area contributed by atoms with Crippen LogP contribution in [0.4, 0.5) is 0 Å². The second kappa shape index (κ2) is 13.1. The summed E-state index contributed by atoms with van der Waals surface area (Å²) in [5.74, 6) is 5.19. The van der Waals surface area contributed by atoms with Crippen LogP contribution in [0.3, 0.4) is 0 Å². The van der Waals surface area contributed by atoms with Crippen LogP contribution in [-0.2, 0) is 15.7 Å². The summed E-state index contributed by atoms with van der Waals surface area (Å²) in [7, 11) is 9.78. The van der Waals surface area contributed by atoms with Crippen LogP contribution in [0.15, 0.2) is 36.7 Å². The number of pyridine rings is 2. The van der Waals surface area contributed by atoms with E-state index in [1.54, 1.807) is 0 Å². The van der Waals surface area contributed by atoms with E-state index in [9.17, 15) is 9.59 Å². The number of carbonyl (C=O) groups is 2. The van der Waals surface area contributed by atoms with E-state index in [-0.39, 0.29) is 11.1 Å². The van der Waals surface area contributed by atoms with Gasteiger partial charge in [0.2, 0.25) is 0 Å². The molecular formula is C22H23Cl2IrN2O4+. The zero-order valence-electron chi connectivity index (χ0n) is 17.7. The van der Waals surface area contributed by atoms with Crippen LogP contribution >= 0.6 is 19.2 Å². The SMILES string of the molecule is C[C]1[C](C)[C](C)[C](C)[C]1C.O=C(O)c1ccnc(-c2cc(C(=O)O)ccn2)c1.[Cl][Ir+][Cl]. The summed E-state index contributed by atoms with van der Waals surface area (Å²) in [6.45, 7) is 11.0. The van der Waals surface area contributed by atoms with Crippen molar-refractivity contribution in [1.29, 1.82) is 0 Å². The second-order valence-electron chi connectivity index (χ2n) is 6.64. The van der Waals surface area contributed by atoms with Crippen LogP contribution in [0.2, 0.25) is 0 Å². The van der Waals surface area contributed by atoms with Gasteiger partial charge in [0.05, 0.1) is 22.5 Å². The number of rotatable bonds is 3. The van der Waals surface area contributed by atoms with Crippen molar-refractivity contribution >= 4 is 31.1 Å². The molecule has 31 heavy (non-hydrogen) atoms. The number of aromatic nitrogens is 2. The van der Waals surface area contributed by atoms with Gasteiger partial charge in [-0.3, -0.25) is 9.97 Å². The van der Waals surface area contributed by atoms with Crippen LogP contribution < -0.4 is 0 Å². The molecule has 2 aromatic heterocycles. The first-order chi connectivity index (χ1) is 14.5. The fraction of sp³-hybridized carbons (Fsp3) is 0.227. The average Bonchev–Trinajstić information content (AvgIpc) is 2.92. The van der Waals surface area contributed by atoms with Crippen LogP contribution in [-0.4, -0.2) is 32.1 Å². The van der Waals surface area contributed by atoms with Crippen LogP contribution in [0.25, 0.3) is 11.4 Å². The minimum absolute atomic E-state index is 0.0718. The molecule has 0 spiro atoms. The minimum atomic E-state index is -1.08. The first-order valence-electron chi connectivity index (χ1n) is 8.97. The number of nitrogens with zero attached hydrogens (tertiary/aromatic N) is 2. The summed E-state index contributed by atoms with van der Waals surface area (Å²) in [6, 6.07) is 5.40. The summed E-state index contributed by atoms with van der Waals surface area (Å²) < 4.78 is 0. The predicted octanol–water partition coefficient (Wildman–Crippen LogP) is 5.89. The maximum atomic E-state index is 10.8. The van der Waals surface area contributed by atoms with Crippen molar-refractivity contribution < 1.29 is 35.5 Å². The summed E-state index contributed by atoms with van der Waals surface area (Å²) in [4.78, 5) is 29.6. The van der Waals surface area contributed by atoms with E-state index < -0.39 is 27.6 Å². The molecule has 5 radical (unpaired) electrons. The molecule has 0 aliphatic heterocycles. The van der Waals surface area contributed by atoms with Crippen molar-refractivity contribution in [3.63, 3.8) is 0 Å². The molecule has 167 valence electrons. The molecule has 3 rings (SSSR count). The van der Waals surface area contributed by atoms with E-state index in [2.05, 4.69) is 44.6 Å². The van der Waals surface area contributed by atoms with Gasteiger partial charge in [-0.05, 0) is 53.9 Å². The molecule has 0 atom stereocenters. The molecule has 0 amide bonds. The zero-order valence-corrected chi connectivity index (χ0v) is 21.6. The third-order valence-corrected chi connectivity index (χ3v) is 5.09. The topological polar surface area (TPSA) is 100 Å². The van der Waals surface area contributed by atoms with Crippen molar-refractivity contribution in [3.8, 4) is 11.4 Å². The Bertz CT molecular complexity index is 784. The number of carboxylic acid groups (broad SMARTS) is 2. The quantitative estimate of drug-likeness (QED) is 0.434. The van der Waals surface area contributed by atoms with Crippen LogP contribution in [0, 0.1) is 29.6 Å². The predicted molar refractivity (Wildman–Crippen MR) is 118 cm³/mol. The van der Waals surface area contributed by atoms with E-state index in [1.165, 1.54) is 66.2 Å². The Hall–Kier alpha value is -1.53. The number of halogens is 2. The molecule has 2 aromatic rings. The maximum absolute atomic E-state index is 10.8. The van der Waals surface area contributed by atoms with Gasteiger partial charge in [0.25, 0.3) is 0 Å². The van der Waals surface area contributed by atoms with Gasteiger partial charge >= 0.3 is 46.8 Å². The summed E-state index contributed by atoms with van der Waals surface area (Å²) >= 11 is -0.556. The molecule has 2 heterocycles. The third-order valence-electron chi connectivity index (χ3n) is 5.09. The van der Waals surface area contributed by atoms with Crippen LogP contribution in [0.5, 0.6) is 0 Å². The van der Waals surface area contributed by atoms with Gasteiger partial charge in [-0.1, -0.05) is 34.6 Å². The molecule has 6 nitrogen and oxygen atoms in total. The van der Waals surface area contributed by atoms with Crippen molar-refractivity contribution in [2.45, 2.75) is 34.6 Å². The van der Waals surface area contributed by atoms with Gasteiger partial charge in [-0.2, -0.15) is 0 Å². The Morgan fingerprint density at radius 2 is 0.968 bits per heavy atom. The monoisotopic (exact) mass is 642 g/mol. The first kappa shape index (κ1) is 27.5. The summed E-state index contributed by atoms with van der Waals surface area (Å²) in [6.07, 6.45) is 2.68. The standard InChI is InChI=1S/C12H8N2O4.C10H15.2ClH.Ir/c15-11(16)7-1-3-13-9(5-7)10-6-8(12(17)18)2-4-14-10;1-6-7(2)9(4)10(5)8(6)3;;;/h1-6H,(H,15,16)(H,17,18);1-5H3;2*1H;/q;;;;+3/p-2. The number of aromatic carboxylic acids is 2. The van der Waals surface area contributed by atoms with Gasteiger partial charge in [0.1, 0.15) is 0 Å². The van der Waals surface area contributed by atoms with Crippen LogP contribution in [0.1, 0.15) is 55.3 Å². The molecule has 0 bridgehead atoms. The van der Waals surface area contributed by atoms with E-state index in [0.717, 1.165) is 0 Å². The fourth-order valence-electron chi connectivity index (χ4n) is 2.81. The van der Waals surface area contributed by atoms with E-state index in [1.807, 2.05) is 0 Å². The first-order valence-corrected chi connectivity index (χ1v) is 14.9. The Kier molecular flexibility index (Phi) is 11.6. The Morgan fingerprint density at radius 1 is 0.710 bits per heavy atom. The molecule has 9 heteroatoms. The average molecular weight is 643 g/mol.